The number of aromatic nitrogens is 2. The molecule has 0 radical (unpaired) electrons. The topological polar surface area (TPSA) is 101 Å². The summed E-state index contributed by atoms with van der Waals surface area (Å²) in [6.45, 7) is -0.0885. The van der Waals surface area contributed by atoms with Gasteiger partial charge in [-0.25, -0.2) is 22.5 Å². The Morgan fingerprint density at radius 2 is 2.20 bits per heavy atom. The summed E-state index contributed by atoms with van der Waals surface area (Å²) < 4.78 is 40.0. The van der Waals surface area contributed by atoms with E-state index in [4.69, 9.17) is 17.3 Å². The lowest BCUT2D eigenvalue weighted by molar-refractivity contribution is 0.575. The molecule has 0 saturated carbocycles. The minimum atomic E-state index is -3.87. The van der Waals surface area contributed by atoms with Gasteiger partial charge in [0.25, 0.3) is 0 Å². The van der Waals surface area contributed by atoms with Crippen molar-refractivity contribution in [1.29, 1.82) is 0 Å². The molecular formula is C11H12ClFN4O2S. The second kappa shape index (κ2) is 5.88. The Hall–Kier alpha value is -1.48. The molecule has 0 spiro atoms. The third-order valence-electron chi connectivity index (χ3n) is 2.59. The Kier molecular flexibility index (Phi) is 4.39. The van der Waals surface area contributed by atoms with Gasteiger partial charge in [-0.3, -0.25) is 0 Å². The van der Waals surface area contributed by atoms with E-state index in [0.29, 0.717) is 5.82 Å². The predicted molar refractivity (Wildman–Crippen MR) is 71.9 cm³/mol. The number of nitrogens with two attached hydrogens (primary N) is 1. The normalized spacial score (nSPS) is 11.8. The number of H-pyrrole nitrogens is 1. The van der Waals surface area contributed by atoms with Crippen molar-refractivity contribution in [3.05, 3.63) is 46.8 Å². The van der Waals surface area contributed by atoms with Crippen LogP contribution in [-0.2, 0) is 23.1 Å². The lowest BCUT2D eigenvalue weighted by atomic mass is 10.2. The molecule has 108 valence electrons. The van der Waals surface area contributed by atoms with E-state index in [0.717, 1.165) is 6.07 Å². The van der Waals surface area contributed by atoms with Gasteiger partial charge in [-0.05, 0) is 17.7 Å². The Balaban J connectivity index is 2.27. The molecule has 4 N–H and O–H groups in total. The number of halogens is 2. The summed E-state index contributed by atoms with van der Waals surface area (Å²) in [4.78, 5) is 6.40. The van der Waals surface area contributed by atoms with Gasteiger partial charge < -0.3 is 10.7 Å². The first-order chi connectivity index (χ1) is 9.44. The van der Waals surface area contributed by atoms with E-state index in [2.05, 4.69) is 14.7 Å². The molecule has 0 fully saturated rings. The minimum absolute atomic E-state index is 0.0302. The van der Waals surface area contributed by atoms with Crippen molar-refractivity contribution in [2.75, 3.05) is 0 Å². The maximum Gasteiger partial charge on any atom is 0.241 e. The molecule has 2 aromatic rings. The van der Waals surface area contributed by atoms with E-state index in [1.54, 1.807) is 6.20 Å². The number of hydrogen-bond donors (Lipinski definition) is 3. The highest BCUT2D eigenvalue weighted by Gasteiger charge is 2.18. The second-order valence-corrected chi connectivity index (χ2v) is 6.09. The van der Waals surface area contributed by atoms with Crippen LogP contribution in [0.15, 0.2) is 29.4 Å². The summed E-state index contributed by atoms with van der Waals surface area (Å²) in [7, 11) is -3.87. The molecule has 0 atom stereocenters. The van der Waals surface area contributed by atoms with E-state index in [9.17, 15) is 12.8 Å². The molecule has 0 amide bonds. The Bertz CT molecular complexity index is 703. The lowest BCUT2D eigenvalue weighted by Crippen LogP contribution is -2.24. The molecule has 1 aromatic heterocycles. The molecule has 0 bridgehead atoms. The zero-order chi connectivity index (χ0) is 14.8. The van der Waals surface area contributed by atoms with Gasteiger partial charge >= 0.3 is 0 Å². The second-order valence-electron chi connectivity index (χ2n) is 3.94. The third-order valence-corrected chi connectivity index (χ3v) is 4.40. The number of hydrogen-bond acceptors (Lipinski definition) is 4. The first-order valence-corrected chi connectivity index (χ1v) is 7.46. The number of nitrogens with one attached hydrogen (secondary N) is 2. The smallest absolute Gasteiger partial charge is 0.241 e. The fraction of sp³-hybridized carbons (Fsp3) is 0.182. The standard InChI is InChI=1S/C11H12ClFN4O2S/c12-11-7(5-14)3-8(4-9(11)13)20(18,19)17-6-10-15-1-2-16-10/h1-4,17H,5-6,14H2,(H,15,16). The molecule has 0 aliphatic carbocycles. The van der Waals surface area contributed by atoms with E-state index in [1.165, 1.54) is 12.3 Å². The largest absolute Gasteiger partial charge is 0.347 e. The van der Waals surface area contributed by atoms with Crippen LogP contribution in [-0.4, -0.2) is 18.4 Å². The van der Waals surface area contributed by atoms with Crippen LogP contribution in [0.4, 0.5) is 4.39 Å². The van der Waals surface area contributed by atoms with Crippen LogP contribution in [0.2, 0.25) is 5.02 Å². The van der Waals surface area contributed by atoms with Gasteiger partial charge in [-0.15, -0.1) is 0 Å². The number of sulfonamides is 1. The van der Waals surface area contributed by atoms with E-state index in [1.807, 2.05) is 0 Å². The Morgan fingerprint density at radius 1 is 1.45 bits per heavy atom. The first-order valence-electron chi connectivity index (χ1n) is 5.60. The van der Waals surface area contributed by atoms with Crippen LogP contribution in [0.3, 0.4) is 0 Å². The van der Waals surface area contributed by atoms with Crippen molar-refractivity contribution in [1.82, 2.24) is 14.7 Å². The van der Waals surface area contributed by atoms with Crippen molar-refractivity contribution in [3.8, 4) is 0 Å². The molecule has 0 aliphatic rings. The number of nitrogens with zero attached hydrogens (tertiary/aromatic N) is 1. The number of rotatable bonds is 5. The van der Waals surface area contributed by atoms with Crippen molar-refractivity contribution in [2.45, 2.75) is 18.0 Å². The van der Waals surface area contributed by atoms with E-state index in [-0.39, 0.29) is 28.6 Å². The highest BCUT2D eigenvalue weighted by molar-refractivity contribution is 7.89. The van der Waals surface area contributed by atoms with Gasteiger partial charge in [0.1, 0.15) is 11.6 Å². The van der Waals surface area contributed by atoms with Crippen LogP contribution in [0.25, 0.3) is 0 Å². The number of imidazole rings is 1. The van der Waals surface area contributed by atoms with Crippen LogP contribution < -0.4 is 10.5 Å². The molecule has 1 aromatic carbocycles. The molecule has 0 unspecified atom stereocenters. The Morgan fingerprint density at radius 3 is 2.80 bits per heavy atom. The monoisotopic (exact) mass is 318 g/mol. The van der Waals surface area contributed by atoms with Crippen LogP contribution in [0.1, 0.15) is 11.4 Å². The van der Waals surface area contributed by atoms with Crippen molar-refractivity contribution in [3.63, 3.8) is 0 Å². The van der Waals surface area contributed by atoms with Crippen molar-refractivity contribution >= 4 is 21.6 Å². The fourth-order valence-corrected chi connectivity index (χ4v) is 2.80. The van der Waals surface area contributed by atoms with Crippen LogP contribution >= 0.6 is 11.6 Å². The summed E-state index contributed by atoms with van der Waals surface area (Å²) in [5.41, 5.74) is 5.63. The van der Waals surface area contributed by atoms with Gasteiger partial charge in [0.15, 0.2) is 0 Å². The zero-order valence-electron chi connectivity index (χ0n) is 10.2. The lowest BCUT2D eigenvalue weighted by Gasteiger charge is -2.09. The highest BCUT2D eigenvalue weighted by Crippen LogP contribution is 2.24. The number of aromatic amines is 1. The molecule has 20 heavy (non-hydrogen) atoms. The first kappa shape index (κ1) is 14.9. The van der Waals surface area contributed by atoms with E-state index >= 15 is 0 Å². The average molecular weight is 319 g/mol. The van der Waals surface area contributed by atoms with Crippen LogP contribution in [0.5, 0.6) is 0 Å². The summed E-state index contributed by atoms with van der Waals surface area (Å²) in [6.07, 6.45) is 3.07. The molecule has 1 heterocycles. The van der Waals surface area contributed by atoms with Crippen molar-refractivity contribution in [2.24, 2.45) is 5.73 Å². The minimum Gasteiger partial charge on any atom is -0.347 e. The average Bonchev–Trinajstić information content (AvgIpc) is 2.92. The quantitative estimate of drug-likeness (QED) is 0.769. The van der Waals surface area contributed by atoms with Gasteiger partial charge in [0, 0.05) is 18.9 Å². The summed E-state index contributed by atoms with van der Waals surface area (Å²) in [5, 5.41) is -0.169. The maximum absolute atomic E-state index is 13.6. The fourth-order valence-electron chi connectivity index (χ4n) is 1.56. The third kappa shape index (κ3) is 3.15. The SMILES string of the molecule is NCc1cc(S(=O)(=O)NCc2ncc[nH]2)cc(F)c1Cl. The van der Waals surface area contributed by atoms with Gasteiger partial charge in [0.05, 0.1) is 16.5 Å². The van der Waals surface area contributed by atoms with Gasteiger partial charge in [-0.2, -0.15) is 0 Å². The highest BCUT2D eigenvalue weighted by atomic mass is 35.5. The molecule has 0 aliphatic heterocycles. The maximum atomic E-state index is 13.6. The molecule has 2 rings (SSSR count). The molecule has 0 saturated heterocycles. The molecule has 9 heteroatoms. The predicted octanol–water partition coefficient (Wildman–Crippen LogP) is 1.14. The summed E-state index contributed by atoms with van der Waals surface area (Å²) in [5.74, 6) is -0.380. The zero-order valence-corrected chi connectivity index (χ0v) is 11.8. The van der Waals surface area contributed by atoms with Crippen LogP contribution in [0, 0.1) is 5.82 Å². The number of benzene rings is 1. The van der Waals surface area contributed by atoms with E-state index < -0.39 is 15.8 Å². The summed E-state index contributed by atoms with van der Waals surface area (Å²) >= 11 is 5.69. The molecule has 6 nitrogen and oxygen atoms in total. The van der Waals surface area contributed by atoms with Gasteiger partial charge in [-0.1, -0.05) is 11.6 Å². The van der Waals surface area contributed by atoms with Crippen molar-refractivity contribution < 1.29 is 12.8 Å². The molecular weight excluding hydrogens is 307 g/mol. The van der Waals surface area contributed by atoms with Gasteiger partial charge in [0.2, 0.25) is 10.0 Å². The Labute approximate surface area is 120 Å². The summed E-state index contributed by atoms with van der Waals surface area (Å²) in [6, 6.07) is 2.10.